The van der Waals surface area contributed by atoms with Crippen molar-refractivity contribution in [2.24, 2.45) is 0 Å². The van der Waals surface area contributed by atoms with E-state index in [-0.39, 0.29) is 11.1 Å². The van der Waals surface area contributed by atoms with Crippen LogP contribution in [0.4, 0.5) is 0 Å². The Bertz CT molecular complexity index is 117. The molecule has 0 aliphatic carbocycles. The number of rotatable bonds is 3. The lowest BCUT2D eigenvalue weighted by atomic mass is 10.8. The third kappa shape index (κ3) is 7.49. The van der Waals surface area contributed by atoms with E-state index in [1.807, 2.05) is 0 Å². The van der Waals surface area contributed by atoms with Gasteiger partial charge in [0.05, 0.1) is 0 Å². The van der Waals surface area contributed by atoms with Gasteiger partial charge >= 0.3 is 5.97 Å². The predicted molar refractivity (Wildman–Crippen MR) is 39.8 cm³/mol. The Hall–Kier alpha value is -0.510. The van der Waals surface area contributed by atoms with E-state index in [4.69, 9.17) is 0 Å². The third-order valence-corrected chi connectivity index (χ3v) is 1.47. The van der Waals surface area contributed by atoms with Gasteiger partial charge in [0.25, 0.3) is 0 Å². The van der Waals surface area contributed by atoms with Gasteiger partial charge in [-0.05, 0) is 0 Å². The van der Waals surface area contributed by atoms with Crippen LogP contribution < -0.4 is 0 Å². The molecule has 0 aliphatic heterocycles. The SMILES string of the molecule is CC(=O)OCCSC(C)=O. The van der Waals surface area contributed by atoms with E-state index < -0.39 is 0 Å². The van der Waals surface area contributed by atoms with Gasteiger partial charge in [0.1, 0.15) is 6.61 Å². The Morgan fingerprint density at radius 2 is 2.00 bits per heavy atom. The van der Waals surface area contributed by atoms with Crippen molar-refractivity contribution in [1.29, 1.82) is 0 Å². The lowest BCUT2D eigenvalue weighted by Crippen LogP contribution is -2.03. The number of ether oxygens (including phenoxy) is 1. The number of carbonyl (C=O) groups excluding carboxylic acids is 2. The molecule has 0 radical (unpaired) electrons. The first-order chi connectivity index (χ1) is 4.63. The normalized spacial score (nSPS) is 9.00. The average molecular weight is 162 g/mol. The minimum Gasteiger partial charge on any atom is -0.465 e. The van der Waals surface area contributed by atoms with Crippen LogP contribution in [0.3, 0.4) is 0 Å². The summed E-state index contributed by atoms with van der Waals surface area (Å²) in [7, 11) is 0. The fourth-order valence-electron chi connectivity index (χ4n) is 0.371. The highest BCUT2D eigenvalue weighted by molar-refractivity contribution is 8.13. The fraction of sp³-hybridized carbons (Fsp3) is 0.667. The Balaban J connectivity index is 3.06. The number of hydrogen-bond donors (Lipinski definition) is 0. The van der Waals surface area contributed by atoms with E-state index in [9.17, 15) is 9.59 Å². The van der Waals surface area contributed by atoms with E-state index in [0.29, 0.717) is 12.4 Å². The monoisotopic (exact) mass is 162 g/mol. The summed E-state index contributed by atoms with van der Waals surface area (Å²) >= 11 is 1.16. The van der Waals surface area contributed by atoms with Crippen LogP contribution in [0.15, 0.2) is 0 Å². The van der Waals surface area contributed by atoms with Crippen LogP contribution in [0.2, 0.25) is 0 Å². The molecule has 0 aromatic rings. The fourth-order valence-corrected chi connectivity index (χ4v) is 0.825. The molecule has 0 unspecified atom stereocenters. The van der Waals surface area contributed by atoms with Crippen molar-refractivity contribution in [3.63, 3.8) is 0 Å². The summed E-state index contributed by atoms with van der Waals surface area (Å²) in [6, 6.07) is 0. The zero-order valence-corrected chi connectivity index (χ0v) is 6.86. The quantitative estimate of drug-likeness (QED) is 0.455. The van der Waals surface area contributed by atoms with Crippen LogP contribution in [0.25, 0.3) is 0 Å². The standard InChI is InChI=1S/C6H10O3S/c1-5(7)9-3-4-10-6(2)8/h3-4H2,1-2H3. The molecule has 0 spiro atoms. The molecule has 0 rings (SSSR count). The van der Waals surface area contributed by atoms with Gasteiger partial charge in [-0.3, -0.25) is 9.59 Å². The van der Waals surface area contributed by atoms with Crippen molar-refractivity contribution in [2.45, 2.75) is 13.8 Å². The number of hydrogen-bond acceptors (Lipinski definition) is 4. The molecule has 58 valence electrons. The first-order valence-corrected chi connectivity index (χ1v) is 3.88. The van der Waals surface area contributed by atoms with Gasteiger partial charge in [0, 0.05) is 19.6 Å². The minimum absolute atomic E-state index is 0.0483. The zero-order valence-electron chi connectivity index (χ0n) is 6.05. The van der Waals surface area contributed by atoms with Crippen LogP contribution >= 0.6 is 11.8 Å². The van der Waals surface area contributed by atoms with Crippen molar-refractivity contribution in [2.75, 3.05) is 12.4 Å². The summed E-state index contributed by atoms with van der Waals surface area (Å²) in [6.07, 6.45) is 0. The molecule has 0 fully saturated rings. The summed E-state index contributed by atoms with van der Waals surface area (Å²) in [4.78, 5) is 20.5. The molecule has 10 heavy (non-hydrogen) atoms. The first-order valence-electron chi connectivity index (χ1n) is 2.89. The summed E-state index contributed by atoms with van der Waals surface area (Å²) in [5.74, 6) is 0.249. The Morgan fingerprint density at radius 3 is 2.40 bits per heavy atom. The van der Waals surface area contributed by atoms with Gasteiger partial charge in [-0.15, -0.1) is 0 Å². The Kier molecular flexibility index (Phi) is 5.02. The predicted octanol–water partition coefficient (Wildman–Crippen LogP) is 0.829. The van der Waals surface area contributed by atoms with E-state index in [1.165, 1.54) is 13.8 Å². The van der Waals surface area contributed by atoms with E-state index in [0.717, 1.165) is 11.8 Å². The summed E-state index contributed by atoms with van der Waals surface area (Å²) in [5, 5.41) is 0.0483. The van der Waals surface area contributed by atoms with Crippen LogP contribution in [-0.4, -0.2) is 23.4 Å². The number of thioether (sulfide) groups is 1. The van der Waals surface area contributed by atoms with E-state index in [1.54, 1.807) is 0 Å². The van der Waals surface area contributed by atoms with E-state index >= 15 is 0 Å². The van der Waals surface area contributed by atoms with Crippen molar-refractivity contribution in [3.05, 3.63) is 0 Å². The Labute approximate surface area is 64.1 Å². The van der Waals surface area contributed by atoms with E-state index in [2.05, 4.69) is 4.74 Å². The smallest absolute Gasteiger partial charge is 0.302 e. The molecule has 4 heteroatoms. The molecule has 0 saturated carbocycles. The minimum atomic E-state index is -0.302. The molecule has 0 aromatic carbocycles. The molecule has 0 aromatic heterocycles. The highest BCUT2D eigenvalue weighted by Crippen LogP contribution is 1.99. The third-order valence-electron chi connectivity index (χ3n) is 0.694. The molecular formula is C6H10O3S. The summed E-state index contributed by atoms with van der Waals surface area (Å²) < 4.78 is 4.58. The summed E-state index contributed by atoms with van der Waals surface area (Å²) in [5.41, 5.74) is 0. The second kappa shape index (κ2) is 5.29. The van der Waals surface area contributed by atoms with Crippen molar-refractivity contribution < 1.29 is 14.3 Å². The van der Waals surface area contributed by atoms with Gasteiger partial charge in [-0.25, -0.2) is 0 Å². The lowest BCUT2D eigenvalue weighted by Gasteiger charge is -1.97. The molecule has 0 saturated heterocycles. The number of esters is 1. The van der Waals surface area contributed by atoms with Crippen molar-refractivity contribution in [1.82, 2.24) is 0 Å². The highest BCUT2D eigenvalue weighted by Gasteiger charge is 1.95. The van der Waals surface area contributed by atoms with Gasteiger partial charge in [-0.1, -0.05) is 11.8 Å². The lowest BCUT2D eigenvalue weighted by molar-refractivity contribution is -0.140. The maximum Gasteiger partial charge on any atom is 0.302 e. The molecule has 0 heterocycles. The van der Waals surface area contributed by atoms with Crippen LogP contribution in [0.5, 0.6) is 0 Å². The van der Waals surface area contributed by atoms with Crippen LogP contribution in [0.1, 0.15) is 13.8 Å². The highest BCUT2D eigenvalue weighted by atomic mass is 32.2. The van der Waals surface area contributed by atoms with Crippen molar-refractivity contribution >= 4 is 22.8 Å². The molecule has 3 nitrogen and oxygen atoms in total. The maximum atomic E-state index is 10.3. The summed E-state index contributed by atoms with van der Waals surface area (Å²) in [6.45, 7) is 3.15. The second-order valence-electron chi connectivity index (χ2n) is 1.68. The molecular weight excluding hydrogens is 152 g/mol. The topological polar surface area (TPSA) is 43.4 Å². The van der Waals surface area contributed by atoms with Crippen molar-refractivity contribution in [3.8, 4) is 0 Å². The molecule has 0 aliphatic rings. The van der Waals surface area contributed by atoms with Crippen LogP contribution in [-0.2, 0) is 14.3 Å². The van der Waals surface area contributed by atoms with Gasteiger partial charge in [0.2, 0.25) is 0 Å². The molecule has 0 N–H and O–H groups in total. The molecule has 0 amide bonds. The largest absolute Gasteiger partial charge is 0.465 e. The van der Waals surface area contributed by atoms with Gasteiger partial charge in [0.15, 0.2) is 5.12 Å². The van der Waals surface area contributed by atoms with Gasteiger partial charge in [-0.2, -0.15) is 0 Å². The Morgan fingerprint density at radius 1 is 1.40 bits per heavy atom. The molecule has 0 bridgehead atoms. The molecule has 0 atom stereocenters. The van der Waals surface area contributed by atoms with Crippen LogP contribution in [0, 0.1) is 0 Å². The maximum absolute atomic E-state index is 10.3. The number of carbonyl (C=O) groups is 2. The second-order valence-corrected chi connectivity index (χ2v) is 2.95. The zero-order chi connectivity index (χ0) is 7.98. The van der Waals surface area contributed by atoms with Gasteiger partial charge < -0.3 is 4.74 Å². The first kappa shape index (κ1) is 9.49. The average Bonchev–Trinajstić information content (AvgIpc) is 1.79.